The molecule has 1 atom stereocenters. The normalized spacial score (nSPS) is 12.1. The summed E-state index contributed by atoms with van der Waals surface area (Å²) in [7, 11) is 1.41. The standard InChI is InChI=1S/C12H12BrClFNO3/c1-6(12(18)19)5-16(2)11(17)8-3-7(14)4-9(13)10(8)15/h3-4,6H,5H2,1-2H3,(H,18,19). The molecule has 104 valence electrons. The van der Waals surface area contributed by atoms with E-state index in [4.69, 9.17) is 16.7 Å². The SMILES string of the molecule is CC(CN(C)C(=O)c1cc(Cl)cc(Br)c1F)C(=O)O. The molecule has 1 unspecified atom stereocenters. The number of carboxylic acids is 1. The van der Waals surface area contributed by atoms with E-state index >= 15 is 0 Å². The Balaban J connectivity index is 2.97. The first-order valence-electron chi connectivity index (χ1n) is 5.36. The average Bonchev–Trinajstić information content (AvgIpc) is 2.32. The number of aliphatic carboxylic acids is 1. The number of benzene rings is 1. The fraction of sp³-hybridized carbons (Fsp3) is 0.333. The van der Waals surface area contributed by atoms with Crippen molar-refractivity contribution < 1.29 is 19.1 Å². The van der Waals surface area contributed by atoms with Crippen molar-refractivity contribution in [3.63, 3.8) is 0 Å². The zero-order valence-electron chi connectivity index (χ0n) is 10.3. The van der Waals surface area contributed by atoms with Crippen LogP contribution in [0.2, 0.25) is 5.02 Å². The minimum Gasteiger partial charge on any atom is -0.481 e. The van der Waals surface area contributed by atoms with Crippen LogP contribution in [0, 0.1) is 11.7 Å². The number of nitrogens with zero attached hydrogens (tertiary/aromatic N) is 1. The maximum Gasteiger partial charge on any atom is 0.308 e. The van der Waals surface area contributed by atoms with E-state index in [1.807, 2.05) is 0 Å². The van der Waals surface area contributed by atoms with Gasteiger partial charge in [-0.25, -0.2) is 4.39 Å². The molecular formula is C12H12BrClFNO3. The van der Waals surface area contributed by atoms with Gasteiger partial charge in [0.05, 0.1) is 16.0 Å². The van der Waals surface area contributed by atoms with E-state index in [1.165, 1.54) is 26.1 Å². The van der Waals surface area contributed by atoms with Crippen LogP contribution in [0.1, 0.15) is 17.3 Å². The predicted octanol–water partition coefficient (Wildman–Crippen LogP) is 3.03. The molecule has 4 nitrogen and oxygen atoms in total. The molecule has 0 bridgehead atoms. The summed E-state index contributed by atoms with van der Waals surface area (Å²) in [5.41, 5.74) is -0.195. The maximum atomic E-state index is 13.8. The van der Waals surface area contributed by atoms with Gasteiger partial charge in [0, 0.05) is 18.6 Å². The topological polar surface area (TPSA) is 57.6 Å². The van der Waals surface area contributed by atoms with Crippen LogP contribution >= 0.6 is 27.5 Å². The summed E-state index contributed by atoms with van der Waals surface area (Å²) in [5.74, 6) is -3.09. The minimum absolute atomic E-state index is 0.0161. The molecule has 0 spiro atoms. The van der Waals surface area contributed by atoms with Crippen molar-refractivity contribution in [2.75, 3.05) is 13.6 Å². The Bertz CT molecular complexity index is 524. The first-order chi connectivity index (χ1) is 8.73. The van der Waals surface area contributed by atoms with Crippen LogP contribution in [-0.4, -0.2) is 35.5 Å². The lowest BCUT2D eigenvalue weighted by Gasteiger charge is -2.20. The molecule has 1 N–H and O–H groups in total. The van der Waals surface area contributed by atoms with Crippen LogP contribution in [0.5, 0.6) is 0 Å². The van der Waals surface area contributed by atoms with Gasteiger partial charge in [-0.3, -0.25) is 9.59 Å². The monoisotopic (exact) mass is 351 g/mol. The van der Waals surface area contributed by atoms with Crippen molar-refractivity contribution in [1.29, 1.82) is 0 Å². The summed E-state index contributed by atoms with van der Waals surface area (Å²) >= 11 is 8.73. The molecule has 0 saturated carbocycles. The molecule has 0 aliphatic carbocycles. The van der Waals surface area contributed by atoms with E-state index in [0.29, 0.717) is 0 Å². The van der Waals surface area contributed by atoms with E-state index in [0.717, 1.165) is 4.90 Å². The van der Waals surface area contributed by atoms with Gasteiger partial charge in [-0.05, 0) is 28.1 Å². The molecule has 1 aromatic rings. The Kier molecular flexibility index (Phi) is 5.31. The van der Waals surface area contributed by atoms with Crippen molar-refractivity contribution in [2.45, 2.75) is 6.92 Å². The highest BCUT2D eigenvalue weighted by Gasteiger charge is 2.22. The number of hydrogen-bond acceptors (Lipinski definition) is 2. The van der Waals surface area contributed by atoms with Gasteiger partial charge >= 0.3 is 5.97 Å². The van der Waals surface area contributed by atoms with Crippen molar-refractivity contribution in [3.05, 3.63) is 33.0 Å². The Morgan fingerprint density at radius 1 is 1.53 bits per heavy atom. The average molecular weight is 353 g/mol. The van der Waals surface area contributed by atoms with Gasteiger partial charge in [-0.1, -0.05) is 18.5 Å². The summed E-state index contributed by atoms with van der Waals surface area (Å²) in [6.45, 7) is 1.45. The van der Waals surface area contributed by atoms with Crippen LogP contribution in [0.15, 0.2) is 16.6 Å². The molecule has 1 rings (SSSR count). The second-order valence-corrected chi connectivity index (χ2v) is 5.46. The third kappa shape index (κ3) is 3.91. The smallest absolute Gasteiger partial charge is 0.308 e. The highest BCUT2D eigenvalue weighted by molar-refractivity contribution is 9.10. The lowest BCUT2D eigenvalue weighted by Crippen LogP contribution is -2.34. The zero-order valence-corrected chi connectivity index (χ0v) is 12.6. The van der Waals surface area contributed by atoms with Gasteiger partial charge in [-0.15, -0.1) is 0 Å². The zero-order chi connectivity index (χ0) is 14.7. The molecule has 1 amide bonds. The molecule has 0 aliphatic heterocycles. The van der Waals surface area contributed by atoms with E-state index in [-0.39, 0.29) is 21.6 Å². The van der Waals surface area contributed by atoms with E-state index < -0.39 is 23.6 Å². The Hall–Kier alpha value is -1.14. The van der Waals surface area contributed by atoms with E-state index in [1.54, 1.807) is 0 Å². The summed E-state index contributed by atoms with van der Waals surface area (Å²) in [6, 6.07) is 2.56. The number of carbonyl (C=O) groups excluding carboxylic acids is 1. The van der Waals surface area contributed by atoms with Gasteiger partial charge in [0.25, 0.3) is 5.91 Å². The summed E-state index contributed by atoms with van der Waals surface area (Å²) in [5, 5.41) is 9.00. The van der Waals surface area contributed by atoms with Crippen LogP contribution in [0.3, 0.4) is 0 Å². The molecule has 0 saturated heterocycles. The van der Waals surface area contributed by atoms with Gasteiger partial charge < -0.3 is 10.0 Å². The first-order valence-corrected chi connectivity index (χ1v) is 6.54. The third-order valence-corrected chi connectivity index (χ3v) is 3.33. The largest absolute Gasteiger partial charge is 0.481 e. The number of hydrogen-bond donors (Lipinski definition) is 1. The highest BCUT2D eigenvalue weighted by Crippen LogP contribution is 2.25. The van der Waals surface area contributed by atoms with E-state index in [9.17, 15) is 14.0 Å². The van der Waals surface area contributed by atoms with Crippen molar-refractivity contribution >= 4 is 39.4 Å². The van der Waals surface area contributed by atoms with Crippen molar-refractivity contribution in [2.24, 2.45) is 5.92 Å². The van der Waals surface area contributed by atoms with Gasteiger partial charge in [0.15, 0.2) is 0 Å². The lowest BCUT2D eigenvalue weighted by atomic mass is 10.1. The Morgan fingerprint density at radius 2 is 2.11 bits per heavy atom. The number of halogens is 3. The first kappa shape index (κ1) is 15.9. The molecule has 0 radical (unpaired) electrons. The molecule has 7 heteroatoms. The van der Waals surface area contributed by atoms with Crippen LogP contribution < -0.4 is 0 Å². The number of carboxylic acid groups (broad SMARTS) is 1. The lowest BCUT2D eigenvalue weighted by molar-refractivity contribution is -0.141. The minimum atomic E-state index is -1.02. The van der Waals surface area contributed by atoms with Gasteiger partial charge in [0.1, 0.15) is 5.82 Å². The van der Waals surface area contributed by atoms with Crippen LogP contribution in [0.25, 0.3) is 0 Å². The maximum absolute atomic E-state index is 13.8. The molecule has 19 heavy (non-hydrogen) atoms. The third-order valence-electron chi connectivity index (χ3n) is 2.54. The summed E-state index contributed by atoms with van der Waals surface area (Å²) in [4.78, 5) is 23.9. The molecule has 1 aromatic carbocycles. The summed E-state index contributed by atoms with van der Waals surface area (Å²) < 4.78 is 13.9. The fourth-order valence-electron chi connectivity index (χ4n) is 1.49. The van der Waals surface area contributed by atoms with Gasteiger partial charge in [0.2, 0.25) is 0 Å². The van der Waals surface area contributed by atoms with Crippen molar-refractivity contribution in [3.8, 4) is 0 Å². The van der Waals surface area contributed by atoms with Crippen molar-refractivity contribution in [1.82, 2.24) is 4.90 Å². The Labute approximate surface area is 123 Å². The predicted molar refractivity (Wildman–Crippen MR) is 72.9 cm³/mol. The second kappa shape index (κ2) is 6.34. The molecule has 0 fully saturated rings. The molecule has 0 aliphatic rings. The number of rotatable bonds is 4. The molecular weight excluding hydrogens is 340 g/mol. The second-order valence-electron chi connectivity index (χ2n) is 4.17. The fourth-order valence-corrected chi connectivity index (χ4v) is 2.30. The van der Waals surface area contributed by atoms with E-state index in [2.05, 4.69) is 15.9 Å². The van der Waals surface area contributed by atoms with Crippen LogP contribution in [0.4, 0.5) is 4.39 Å². The highest BCUT2D eigenvalue weighted by atomic mass is 79.9. The number of carbonyl (C=O) groups is 2. The number of amides is 1. The Morgan fingerprint density at radius 3 is 2.63 bits per heavy atom. The molecule has 0 aromatic heterocycles. The van der Waals surface area contributed by atoms with Gasteiger partial charge in [-0.2, -0.15) is 0 Å². The molecule has 0 heterocycles. The summed E-state index contributed by atoms with van der Waals surface area (Å²) in [6.07, 6.45) is 0. The quantitative estimate of drug-likeness (QED) is 0.847. The van der Waals surface area contributed by atoms with Crippen LogP contribution in [-0.2, 0) is 4.79 Å².